The van der Waals surface area contributed by atoms with Crippen LogP contribution in [0, 0.1) is 12.7 Å². The largest absolute Gasteiger partial charge is 0.490 e. The van der Waals surface area contributed by atoms with Crippen LogP contribution in [0.5, 0.6) is 5.75 Å². The minimum Gasteiger partial charge on any atom is -0.490 e. The van der Waals surface area contributed by atoms with E-state index in [0.29, 0.717) is 25.4 Å². The highest BCUT2D eigenvalue weighted by atomic mass is 19.1. The summed E-state index contributed by atoms with van der Waals surface area (Å²) in [5.41, 5.74) is 2.31. The van der Waals surface area contributed by atoms with Crippen molar-refractivity contribution in [1.82, 2.24) is 10.2 Å². The molecule has 0 atom stereocenters. The van der Waals surface area contributed by atoms with E-state index < -0.39 is 0 Å². The topological polar surface area (TPSA) is 41.6 Å². The van der Waals surface area contributed by atoms with Crippen LogP contribution >= 0.6 is 0 Å². The number of ether oxygens (including phenoxy) is 1. The molecule has 5 heteroatoms. The number of aryl methyl sites for hydroxylation is 1. The highest BCUT2D eigenvalue weighted by Gasteiger charge is 2.23. The maximum atomic E-state index is 12.9. The quantitative estimate of drug-likeness (QED) is 0.916. The average molecular weight is 342 g/mol. The summed E-state index contributed by atoms with van der Waals surface area (Å²) < 4.78 is 18.8. The third-order valence-corrected chi connectivity index (χ3v) is 4.54. The number of urea groups is 1. The fraction of sp³-hybridized carbons (Fsp3) is 0.350. The van der Waals surface area contributed by atoms with Crippen molar-refractivity contribution in [2.45, 2.75) is 32.4 Å². The number of carbonyl (C=O) groups is 1. The van der Waals surface area contributed by atoms with E-state index in [9.17, 15) is 9.18 Å². The number of carbonyl (C=O) groups excluding carboxylic acids is 1. The number of benzene rings is 2. The molecule has 0 radical (unpaired) electrons. The van der Waals surface area contributed by atoms with E-state index in [-0.39, 0.29) is 18.0 Å². The van der Waals surface area contributed by atoms with E-state index in [0.717, 1.165) is 18.4 Å². The van der Waals surface area contributed by atoms with E-state index >= 15 is 0 Å². The van der Waals surface area contributed by atoms with Gasteiger partial charge in [0, 0.05) is 32.5 Å². The predicted octanol–water partition coefficient (Wildman–Crippen LogP) is 3.89. The molecular formula is C20H23FN2O2. The molecule has 1 saturated heterocycles. The molecule has 2 aromatic rings. The van der Waals surface area contributed by atoms with Crippen LogP contribution in [0.25, 0.3) is 0 Å². The predicted molar refractivity (Wildman–Crippen MR) is 95.0 cm³/mol. The van der Waals surface area contributed by atoms with Gasteiger partial charge >= 0.3 is 6.03 Å². The van der Waals surface area contributed by atoms with Gasteiger partial charge in [-0.25, -0.2) is 9.18 Å². The second-order valence-electron chi connectivity index (χ2n) is 6.34. The number of rotatable bonds is 4. The Morgan fingerprint density at radius 3 is 2.52 bits per heavy atom. The molecule has 4 nitrogen and oxygen atoms in total. The number of hydrogen-bond donors (Lipinski definition) is 1. The lowest BCUT2D eigenvalue weighted by molar-refractivity contribution is 0.111. The molecule has 0 unspecified atom stereocenters. The lowest BCUT2D eigenvalue weighted by Crippen LogP contribution is -2.46. The number of amides is 2. The van der Waals surface area contributed by atoms with Crippen molar-refractivity contribution in [2.24, 2.45) is 0 Å². The molecule has 0 aliphatic carbocycles. The second kappa shape index (κ2) is 8.01. The molecule has 0 aromatic heterocycles. The third kappa shape index (κ3) is 4.72. The fourth-order valence-corrected chi connectivity index (χ4v) is 2.97. The molecule has 1 aliphatic rings. The molecular weight excluding hydrogens is 319 g/mol. The minimum absolute atomic E-state index is 0.0384. The van der Waals surface area contributed by atoms with Gasteiger partial charge in [-0.05, 0) is 42.3 Å². The average Bonchev–Trinajstić information content (AvgIpc) is 2.63. The minimum atomic E-state index is -0.271. The fourth-order valence-electron chi connectivity index (χ4n) is 2.97. The van der Waals surface area contributed by atoms with E-state index in [1.165, 1.54) is 17.7 Å². The molecule has 3 rings (SSSR count). The summed E-state index contributed by atoms with van der Waals surface area (Å²) in [6.07, 6.45) is 1.61. The molecule has 1 fully saturated rings. The number of hydrogen-bond acceptors (Lipinski definition) is 2. The van der Waals surface area contributed by atoms with Gasteiger partial charge in [-0.1, -0.05) is 24.3 Å². The zero-order chi connectivity index (χ0) is 17.6. The maximum Gasteiger partial charge on any atom is 0.317 e. The highest BCUT2D eigenvalue weighted by molar-refractivity contribution is 5.74. The van der Waals surface area contributed by atoms with Gasteiger partial charge in [-0.3, -0.25) is 0 Å². The van der Waals surface area contributed by atoms with Gasteiger partial charge in [-0.2, -0.15) is 0 Å². The normalized spacial score (nSPS) is 15.0. The van der Waals surface area contributed by atoms with E-state index in [1.807, 2.05) is 36.1 Å². The SMILES string of the molecule is Cc1ccccc1CNC(=O)N1CCC(Oc2ccc(F)cc2)CC1. The monoisotopic (exact) mass is 342 g/mol. The van der Waals surface area contributed by atoms with Crippen molar-refractivity contribution in [2.75, 3.05) is 13.1 Å². The summed E-state index contributed by atoms with van der Waals surface area (Å²) in [4.78, 5) is 14.1. The Kier molecular flexibility index (Phi) is 5.53. The lowest BCUT2D eigenvalue weighted by Gasteiger charge is -2.32. The van der Waals surface area contributed by atoms with Gasteiger partial charge in [0.15, 0.2) is 0 Å². The summed E-state index contributed by atoms with van der Waals surface area (Å²) >= 11 is 0. The van der Waals surface area contributed by atoms with Crippen LogP contribution in [-0.4, -0.2) is 30.1 Å². The van der Waals surface area contributed by atoms with Crippen LogP contribution in [0.3, 0.4) is 0 Å². The number of likely N-dealkylation sites (tertiary alicyclic amines) is 1. The number of nitrogens with one attached hydrogen (secondary N) is 1. The van der Waals surface area contributed by atoms with Crippen molar-refractivity contribution >= 4 is 6.03 Å². The zero-order valence-electron chi connectivity index (χ0n) is 14.4. The summed E-state index contributed by atoms with van der Waals surface area (Å²) in [5.74, 6) is 0.399. The number of piperidine rings is 1. The molecule has 2 aromatic carbocycles. The standard InChI is InChI=1S/C20H23FN2O2/c1-15-4-2-3-5-16(15)14-22-20(24)23-12-10-19(11-13-23)25-18-8-6-17(21)7-9-18/h2-9,19H,10-14H2,1H3,(H,22,24). The van der Waals surface area contributed by atoms with Crippen LogP contribution in [0.1, 0.15) is 24.0 Å². The Hall–Kier alpha value is -2.56. The Balaban J connectivity index is 1.44. The molecule has 0 bridgehead atoms. The van der Waals surface area contributed by atoms with E-state index in [4.69, 9.17) is 4.74 Å². The van der Waals surface area contributed by atoms with Gasteiger partial charge in [0.25, 0.3) is 0 Å². The van der Waals surface area contributed by atoms with Crippen molar-refractivity contribution in [3.8, 4) is 5.75 Å². The van der Waals surface area contributed by atoms with Gasteiger partial charge in [-0.15, -0.1) is 0 Å². The molecule has 132 valence electrons. The molecule has 1 N–H and O–H groups in total. The summed E-state index contributed by atoms with van der Waals surface area (Å²) in [6.45, 7) is 3.90. The summed E-state index contributed by atoms with van der Waals surface area (Å²) in [6, 6.07) is 14.1. The van der Waals surface area contributed by atoms with Gasteiger partial charge < -0.3 is 15.0 Å². The number of halogens is 1. The first-order valence-electron chi connectivity index (χ1n) is 8.61. The Morgan fingerprint density at radius 2 is 1.84 bits per heavy atom. The first-order chi connectivity index (χ1) is 12.1. The van der Waals surface area contributed by atoms with Crippen LogP contribution in [-0.2, 0) is 6.54 Å². The van der Waals surface area contributed by atoms with Crippen molar-refractivity contribution < 1.29 is 13.9 Å². The molecule has 1 heterocycles. The molecule has 25 heavy (non-hydrogen) atoms. The van der Waals surface area contributed by atoms with Crippen molar-refractivity contribution in [1.29, 1.82) is 0 Å². The van der Waals surface area contributed by atoms with E-state index in [1.54, 1.807) is 12.1 Å². The first-order valence-corrected chi connectivity index (χ1v) is 8.61. The Morgan fingerprint density at radius 1 is 1.16 bits per heavy atom. The maximum absolute atomic E-state index is 12.9. The van der Waals surface area contributed by atoms with E-state index in [2.05, 4.69) is 5.32 Å². The van der Waals surface area contributed by atoms with Gasteiger partial charge in [0.1, 0.15) is 17.7 Å². The van der Waals surface area contributed by atoms with Gasteiger partial charge in [0.05, 0.1) is 0 Å². The Bertz CT molecular complexity index is 710. The summed E-state index contributed by atoms with van der Waals surface area (Å²) in [7, 11) is 0. The van der Waals surface area contributed by atoms with Gasteiger partial charge in [0.2, 0.25) is 0 Å². The summed E-state index contributed by atoms with van der Waals surface area (Å²) in [5, 5.41) is 2.98. The molecule has 2 amide bonds. The van der Waals surface area contributed by atoms with Crippen molar-refractivity contribution in [3.05, 3.63) is 65.5 Å². The molecule has 1 aliphatic heterocycles. The smallest absolute Gasteiger partial charge is 0.317 e. The highest BCUT2D eigenvalue weighted by Crippen LogP contribution is 2.19. The Labute approximate surface area is 147 Å². The van der Waals surface area contributed by atoms with Crippen molar-refractivity contribution in [3.63, 3.8) is 0 Å². The van der Waals surface area contributed by atoms with Crippen LogP contribution in [0.2, 0.25) is 0 Å². The first kappa shape index (κ1) is 17.3. The molecule has 0 saturated carbocycles. The van der Waals surface area contributed by atoms with Crippen LogP contribution in [0.15, 0.2) is 48.5 Å². The zero-order valence-corrected chi connectivity index (χ0v) is 14.4. The lowest BCUT2D eigenvalue weighted by atomic mass is 10.1. The second-order valence-corrected chi connectivity index (χ2v) is 6.34. The molecule has 0 spiro atoms. The third-order valence-electron chi connectivity index (χ3n) is 4.54. The van der Waals surface area contributed by atoms with Crippen LogP contribution in [0.4, 0.5) is 9.18 Å². The van der Waals surface area contributed by atoms with Crippen LogP contribution < -0.4 is 10.1 Å². The number of nitrogens with zero attached hydrogens (tertiary/aromatic N) is 1.